The van der Waals surface area contributed by atoms with Crippen molar-refractivity contribution >= 4 is 17.0 Å². The second kappa shape index (κ2) is 6.63. The van der Waals surface area contributed by atoms with E-state index in [9.17, 15) is 14.5 Å². The summed E-state index contributed by atoms with van der Waals surface area (Å²) in [6.45, 7) is 13.8. The van der Waals surface area contributed by atoms with Gasteiger partial charge in [0.2, 0.25) is 5.78 Å². The number of aromatic hydroxyl groups is 1. The fourth-order valence-electron chi connectivity index (χ4n) is 2.27. The Morgan fingerprint density at radius 2 is 1.50 bits per heavy atom. The third-order valence-corrected chi connectivity index (χ3v) is 4.89. The average Bonchev–Trinajstić information content (AvgIpc) is 2.35. The van der Waals surface area contributed by atoms with Crippen LogP contribution in [0.2, 0.25) is 0 Å². The quantitative estimate of drug-likeness (QED) is 0.674. The number of hydrogen-bond donors (Lipinski definition) is 1. The van der Waals surface area contributed by atoms with E-state index in [2.05, 4.69) is 0 Å². The van der Waals surface area contributed by atoms with Gasteiger partial charge in [0.15, 0.2) is 5.75 Å². The second-order valence-corrected chi connectivity index (χ2v) is 9.46. The van der Waals surface area contributed by atoms with Crippen molar-refractivity contribution in [3.8, 4) is 5.75 Å². The molecule has 0 fully saturated rings. The van der Waals surface area contributed by atoms with Crippen molar-refractivity contribution in [2.45, 2.75) is 59.3 Å². The van der Waals surface area contributed by atoms with E-state index in [1.807, 2.05) is 41.5 Å². The third kappa shape index (κ3) is 4.50. The summed E-state index contributed by atoms with van der Waals surface area (Å²) < 4.78 is 11.7. The van der Waals surface area contributed by atoms with Gasteiger partial charge in [-0.3, -0.25) is 4.79 Å². The molecule has 0 amide bonds. The van der Waals surface area contributed by atoms with Crippen molar-refractivity contribution in [3.63, 3.8) is 0 Å². The summed E-state index contributed by atoms with van der Waals surface area (Å²) in [7, 11) is 0. The lowest BCUT2D eigenvalue weighted by Gasteiger charge is -2.28. The van der Waals surface area contributed by atoms with E-state index in [-0.39, 0.29) is 28.1 Å². The van der Waals surface area contributed by atoms with E-state index in [0.29, 0.717) is 11.3 Å². The number of rotatable bonds is 4. The molecule has 0 aromatic heterocycles. The zero-order valence-corrected chi connectivity index (χ0v) is 15.6. The molecule has 0 spiro atoms. The van der Waals surface area contributed by atoms with Gasteiger partial charge in [0.05, 0.1) is 0 Å². The first kappa shape index (κ1) is 19.0. The van der Waals surface area contributed by atoms with E-state index in [4.69, 9.17) is 0 Å². The fourth-order valence-corrected chi connectivity index (χ4v) is 2.93. The number of phenols is 1. The van der Waals surface area contributed by atoms with E-state index in [0.717, 1.165) is 11.1 Å². The van der Waals surface area contributed by atoms with Gasteiger partial charge >= 0.3 is 0 Å². The lowest BCUT2D eigenvalue weighted by molar-refractivity contribution is 0.102. The topological polar surface area (TPSA) is 60.4 Å². The Morgan fingerprint density at radius 3 is 1.82 bits per heavy atom. The Kier molecular flexibility index (Phi) is 5.74. The van der Waals surface area contributed by atoms with E-state index in [1.54, 1.807) is 19.1 Å². The van der Waals surface area contributed by atoms with E-state index >= 15 is 0 Å². The SMILES string of the molecule is CC[S+]([O-])CC(=O)c1cc(C(C)(C)C)c(O)c(C(C)(C)C)c1. The Bertz CT molecular complexity index is 515. The third-order valence-electron chi connectivity index (χ3n) is 3.66. The van der Waals surface area contributed by atoms with Crippen LogP contribution in [0.25, 0.3) is 0 Å². The van der Waals surface area contributed by atoms with Gasteiger partial charge in [-0.05, 0) is 41.1 Å². The number of carbonyl (C=O) groups excluding carboxylic acids is 1. The Balaban J connectivity index is 3.45. The van der Waals surface area contributed by atoms with Crippen LogP contribution < -0.4 is 0 Å². The van der Waals surface area contributed by atoms with Crippen LogP contribution in [0.3, 0.4) is 0 Å². The van der Waals surface area contributed by atoms with Crippen molar-refractivity contribution in [1.29, 1.82) is 0 Å². The molecule has 0 bridgehead atoms. The van der Waals surface area contributed by atoms with Crippen LogP contribution in [-0.4, -0.2) is 26.9 Å². The molecule has 0 saturated carbocycles. The lowest BCUT2D eigenvalue weighted by atomic mass is 9.78. The van der Waals surface area contributed by atoms with Crippen LogP contribution >= 0.6 is 0 Å². The molecule has 1 unspecified atom stereocenters. The number of ketones is 1. The van der Waals surface area contributed by atoms with Crippen LogP contribution in [0, 0.1) is 0 Å². The average molecular weight is 324 g/mol. The first-order valence-corrected chi connectivity index (χ1v) is 9.13. The normalized spacial score (nSPS) is 14.0. The molecular weight excluding hydrogens is 296 g/mol. The minimum Gasteiger partial charge on any atom is -0.616 e. The molecule has 0 aliphatic rings. The minimum absolute atomic E-state index is 0.0362. The molecule has 0 radical (unpaired) electrons. The summed E-state index contributed by atoms with van der Waals surface area (Å²) in [5, 5.41) is 10.6. The maximum Gasteiger partial charge on any atom is 0.211 e. The number of carbonyl (C=O) groups is 1. The summed E-state index contributed by atoms with van der Waals surface area (Å²) in [6, 6.07) is 3.50. The van der Waals surface area contributed by atoms with E-state index < -0.39 is 11.2 Å². The second-order valence-electron chi connectivity index (χ2n) is 7.72. The van der Waals surface area contributed by atoms with Gasteiger partial charge in [0.25, 0.3) is 0 Å². The maximum atomic E-state index is 12.4. The lowest BCUT2D eigenvalue weighted by Crippen LogP contribution is -2.22. The largest absolute Gasteiger partial charge is 0.616 e. The molecule has 0 aliphatic heterocycles. The number of Topliss-reactive ketones (excluding diaryl/α,β-unsaturated/α-hetero) is 1. The monoisotopic (exact) mass is 324 g/mol. The zero-order chi connectivity index (χ0) is 17.3. The predicted molar refractivity (Wildman–Crippen MR) is 93.4 cm³/mol. The summed E-state index contributed by atoms with van der Waals surface area (Å²) in [4.78, 5) is 12.4. The Morgan fingerprint density at radius 1 is 1.09 bits per heavy atom. The van der Waals surface area contributed by atoms with Crippen molar-refractivity contribution in [2.75, 3.05) is 11.5 Å². The van der Waals surface area contributed by atoms with Crippen molar-refractivity contribution in [1.82, 2.24) is 0 Å². The molecule has 3 nitrogen and oxygen atoms in total. The molecule has 1 N–H and O–H groups in total. The number of hydrogen-bond acceptors (Lipinski definition) is 3. The highest BCUT2D eigenvalue weighted by Crippen LogP contribution is 2.39. The van der Waals surface area contributed by atoms with Crippen LogP contribution in [0.5, 0.6) is 5.75 Å². The first-order chi connectivity index (χ1) is 9.87. The molecule has 0 saturated heterocycles. The van der Waals surface area contributed by atoms with Gasteiger partial charge < -0.3 is 9.66 Å². The first-order valence-electron chi connectivity index (χ1n) is 7.64. The molecule has 0 aliphatic carbocycles. The zero-order valence-electron chi connectivity index (χ0n) is 14.7. The van der Waals surface area contributed by atoms with E-state index in [1.165, 1.54) is 0 Å². The Hall–Kier alpha value is -1.00. The summed E-state index contributed by atoms with van der Waals surface area (Å²) in [5.74, 6) is 0.639. The predicted octanol–water partition coefficient (Wildman–Crippen LogP) is 3.94. The van der Waals surface area contributed by atoms with Crippen LogP contribution in [0.1, 0.15) is 70.0 Å². The number of benzene rings is 1. The minimum atomic E-state index is -1.13. The van der Waals surface area contributed by atoms with Crippen LogP contribution in [-0.2, 0) is 22.0 Å². The van der Waals surface area contributed by atoms with Gasteiger partial charge in [-0.2, -0.15) is 0 Å². The van der Waals surface area contributed by atoms with Gasteiger partial charge in [0.1, 0.15) is 11.5 Å². The molecule has 1 rings (SSSR count). The summed E-state index contributed by atoms with van der Waals surface area (Å²) in [6.07, 6.45) is 0. The molecule has 1 aromatic carbocycles. The smallest absolute Gasteiger partial charge is 0.211 e. The highest BCUT2D eigenvalue weighted by atomic mass is 32.2. The molecule has 1 aromatic rings. The molecular formula is C18H28O3S. The highest BCUT2D eigenvalue weighted by molar-refractivity contribution is 7.92. The molecule has 124 valence electrons. The van der Waals surface area contributed by atoms with Crippen molar-refractivity contribution in [2.24, 2.45) is 0 Å². The summed E-state index contributed by atoms with van der Waals surface area (Å²) in [5.41, 5.74) is 1.50. The highest BCUT2D eigenvalue weighted by Gasteiger charge is 2.28. The standard InChI is InChI=1S/C18H28O3S/c1-8-22(21)11-15(19)12-9-13(17(2,3)4)16(20)14(10-12)18(5,6)7/h9-10,20H,8,11H2,1-7H3. The maximum absolute atomic E-state index is 12.4. The van der Waals surface area contributed by atoms with Crippen LogP contribution in [0.15, 0.2) is 12.1 Å². The molecule has 0 heterocycles. The van der Waals surface area contributed by atoms with Gasteiger partial charge in [0, 0.05) is 16.7 Å². The number of phenolic OH excluding ortho intramolecular Hbond substituents is 1. The van der Waals surface area contributed by atoms with Crippen molar-refractivity contribution in [3.05, 3.63) is 28.8 Å². The van der Waals surface area contributed by atoms with Gasteiger partial charge in [-0.1, -0.05) is 41.5 Å². The molecule has 22 heavy (non-hydrogen) atoms. The van der Waals surface area contributed by atoms with Gasteiger partial charge in [-0.25, -0.2) is 0 Å². The Labute approximate surface area is 137 Å². The van der Waals surface area contributed by atoms with Gasteiger partial charge in [-0.15, -0.1) is 0 Å². The van der Waals surface area contributed by atoms with Crippen molar-refractivity contribution < 1.29 is 14.5 Å². The summed E-state index contributed by atoms with van der Waals surface area (Å²) >= 11 is -1.13. The van der Waals surface area contributed by atoms with Crippen LogP contribution in [0.4, 0.5) is 0 Å². The molecule has 4 heteroatoms. The fraction of sp³-hybridized carbons (Fsp3) is 0.611. The molecule has 1 atom stereocenters.